The van der Waals surface area contributed by atoms with Gasteiger partial charge in [-0.05, 0) is 44.4 Å². The molecule has 2 rings (SSSR count). The smallest absolute Gasteiger partial charge is 0.0645 e. The van der Waals surface area contributed by atoms with Gasteiger partial charge >= 0.3 is 0 Å². The van der Waals surface area contributed by atoms with Crippen LogP contribution in [0.5, 0.6) is 0 Å². The van der Waals surface area contributed by atoms with Gasteiger partial charge in [0.15, 0.2) is 0 Å². The molecule has 2 aliphatic rings. The third-order valence-electron chi connectivity index (χ3n) is 5.99. The average molecular weight is 282 g/mol. The van der Waals surface area contributed by atoms with Gasteiger partial charge in [0.2, 0.25) is 0 Å². The molecule has 0 aromatic rings. The number of ether oxygens (including phenoxy) is 1. The van der Waals surface area contributed by atoms with Gasteiger partial charge in [0.05, 0.1) is 13.2 Å². The van der Waals surface area contributed by atoms with Crippen molar-refractivity contribution in [3.8, 4) is 0 Å². The molecular formula is C17H34N2O. The lowest BCUT2D eigenvalue weighted by atomic mass is 9.67. The average Bonchev–Trinajstić information content (AvgIpc) is 2.39. The molecule has 1 saturated heterocycles. The highest BCUT2D eigenvalue weighted by molar-refractivity contribution is 4.98. The Bertz CT molecular complexity index is 327. The molecule has 118 valence electrons. The molecule has 0 amide bonds. The number of hydrogen-bond acceptors (Lipinski definition) is 3. The van der Waals surface area contributed by atoms with E-state index >= 15 is 0 Å². The first kappa shape index (κ1) is 16.3. The summed E-state index contributed by atoms with van der Waals surface area (Å²) in [7, 11) is 0. The summed E-state index contributed by atoms with van der Waals surface area (Å²) in [6, 6.07) is 0.856. The van der Waals surface area contributed by atoms with E-state index in [2.05, 4.69) is 39.5 Å². The lowest BCUT2D eigenvalue weighted by Crippen LogP contribution is -2.63. The van der Waals surface area contributed by atoms with E-state index in [1.165, 1.54) is 25.7 Å². The van der Waals surface area contributed by atoms with Crippen molar-refractivity contribution in [1.82, 2.24) is 4.90 Å². The van der Waals surface area contributed by atoms with E-state index in [-0.39, 0.29) is 5.54 Å². The molecule has 2 fully saturated rings. The van der Waals surface area contributed by atoms with Crippen LogP contribution in [0, 0.1) is 11.3 Å². The Morgan fingerprint density at radius 1 is 1.30 bits per heavy atom. The van der Waals surface area contributed by atoms with Crippen molar-refractivity contribution in [2.75, 3.05) is 19.8 Å². The summed E-state index contributed by atoms with van der Waals surface area (Å²) >= 11 is 0. The quantitative estimate of drug-likeness (QED) is 0.864. The van der Waals surface area contributed by atoms with Crippen LogP contribution < -0.4 is 5.73 Å². The molecule has 0 aromatic carbocycles. The van der Waals surface area contributed by atoms with Crippen molar-refractivity contribution in [3.05, 3.63) is 0 Å². The third-order valence-corrected chi connectivity index (χ3v) is 5.99. The molecule has 3 atom stereocenters. The van der Waals surface area contributed by atoms with Gasteiger partial charge in [-0.15, -0.1) is 0 Å². The van der Waals surface area contributed by atoms with Crippen LogP contribution in [0.25, 0.3) is 0 Å². The summed E-state index contributed by atoms with van der Waals surface area (Å²) in [4.78, 5) is 2.64. The highest BCUT2D eigenvalue weighted by atomic mass is 16.5. The van der Waals surface area contributed by atoms with Gasteiger partial charge in [-0.25, -0.2) is 0 Å². The molecule has 0 bridgehead atoms. The van der Waals surface area contributed by atoms with Gasteiger partial charge in [0, 0.05) is 24.2 Å². The minimum atomic E-state index is 0.124. The first-order valence-corrected chi connectivity index (χ1v) is 8.38. The molecule has 2 N–H and O–H groups in total. The van der Waals surface area contributed by atoms with E-state index in [1.54, 1.807) is 0 Å². The summed E-state index contributed by atoms with van der Waals surface area (Å²) in [5.41, 5.74) is 7.06. The summed E-state index contributed by atoms with van der Waals surface area (Å²) in [5, 5.41) is 0. The number of morpholine rings is 1. The summed E-state index contributed by atoms with van der Waals surface area (Å²) in [6.45, 7) is 14.5. The lowest BCUT2D eigenvalue weighted by molar-refractivity contribution is -0.0905. The number of hydrogen-bond donors (Lipinski definition) is 1. The molecule has 3 nitrogen and oxygen atoms in total. The topological polar surface area (TPSA) is 38.5 Å². The van der Waals surface area contributed by atoms with Crippen LogP contribution in [0.3, 0.4) is 0 Å². The fourth-order valence-electron chi connectivity index (χ4n) is 4.01. The molecule has 0 aromatic heterocycles. The van der Waals surface area contributed by atoms with E-state index in [0.29, 0.717) is 17.5 Å². The molecule has 1 aliphatic heterocycles. The molecule has 1 heterocycles. The third kappa shape index (κ3) is 3.20. The standard InChI is InChI=1S/C17H34N2O/c1-6-16(2,3)13-7-8-14(18)15(11-13)19-9-10-20-12-17(19,4)5/h13-15H,6-12,18H2,1-5H3. The Balaban J connectivity index is 2.12. The second-order valence-electron chi connectivity index (χ2n) is 8.14. The molecule has 0 radical (unpaired) electrons. The highest BCUT2D eigenvalue weighted by Gasteiger charge is 2.43. The Morgan fingerprint density at radius 2 is 2.00 bits per heavy atom. The maximum absolute atomic E-state index is 6.50. The van der Waals surface area contributed by atoms with Crippen LogP contribution in [-0.2, 0) is 4.74 Å². The van der Waals surface area contributed by atoms with Crippen LogP contribution in [0.4, 0.5) is 0 Å². The molecule has 1 aliphatic carbocycles. The maximum Gasteiger partial charge on any atom is 0.0645 e. The maximum atomic E-state index is 6.50. The first-order chi connectivity index (χ1) is 9.28. The molecular weight excluding hydrogens is 248 g/mol. The lowest BCUT2D eigenvalue weighted by Gasteiger charge is -2.52. The van der Waals surface area contributed by atoms with E-state index in [0.717, 1.165) is 25.7 Å². The first-order valence-electron chi connectivity index (χ1n) is 8.38. The van der Waals surface area contributed by atoms with Crippen molar-refractivity contribution in [3.63, 3.8) is 0 Å². The van der Waals surface area contributed by atoms with Crippen molar-refractivity contribution in [2.45, 2.75) is 77.9 Å². The van der Waals surface area contributed by atoms with E-state index < -0.39 is 0 Å². The van der Waals surface area contributed by atoms with Gasteiger partial charge in [0.25, 0.3) is 0 Å². The van der Waals surface area contributed by atoms with Crippen LogP contribution in [0.15, 0.2) is 0 Å². The Morgan fingerprint density at radius 3 is 2.60 bits per heavy atom. The van der Waals surface area contributed by atoms with Gasteiger partial charge < -0.3 is 10.5 Å². The zero-order valence-corrected chi connectivity index (χ0v) is 14.1. The van der Waals surface area contributed by atoms with Crippen molar-refractivity contribution < 1.29 is 4.74 Å². The zero-order valence-electron chi connectivity index (χ0n) is 14.1. The normalized spacial score (nSPS) is 36.0. The van der Waals surface area contributed by atoms with E-state index in [4.69, 9.17) is 10.5 Å². The largest absolute Gasteiger partial charge is 0.378 e. The van der Waals surface area contributed by atoms with E-state index in [1.807, 2.05) is 0 Å². The van der Waals surface area contributed by atoms with Crippen molar-refractivity contribution >= 4 is 0 Å². The number of nitrogens with two attached hydrogens (primary N) is 1. The van der Waals surface area contributed by atoms with Crippen molar-refractivity contribution in [2.24, 2.45) is 17.1 Å². The van der Waals surface area contributed by atoms with Crippen LogP contribution in [0.1, 0.15) is 60.3 Å². The summed E-state index contributed by atoms with van der Waals surface area (Å²) in [5.74, 6) is 0.802. The molecule has 1 saturated carbocycles. The van der Waals surface area contributed by atoms with Crippen molar-refractivity contribution in [1.29, 1.82) is 0 Å². The van der Waals surface area contributed by atoms with E-state index in [9.17, 15) is 0 Å². The zero-order chi connectivity index (χ0) is 15.0. The second-order valence-corrected chi connectivity index (χ2v) is 8.14. The monoisotopic (exact) mass is 282 g/mol. The minimum absolute atomic E-state index is 0.124. The van der Waals surface area contributed by atoms with Gasteiger partial charge in [-0.2, -0.15) is 0 Å². The molecule has 3 unspecified atom stereocenters. The number of rotatable bonds is 3. The summed E-state index contributed by atoms with van der Waals surface area (Å²) in [6.07, 6.45) is 4.98. The predicted octanol–water partition coefficient (Wildman–Crippen LogP) is 3.03. The highest BCUT2D eigenvalue weighted by Crippen LogP contribution is 2.42. The fourth-order valence-corrected chi connectivity index (χ4v) is 4.01. The van der Waals surface area contributed by atoms with Gasteiger partial charge in [0.1, 0.15) is 0 Å². The Labute approximate surface area is 125 Å². The van der Waals surface area contributed by atoms with Gasteiger partial charge in [-0.3, -0.25) is 4.90 Å². The summed E-state index contributed by atoms with van der Waals surface area (Å²) < 4.78 is 5.67. The second kappa shape index (κ2) is 5.94. The molecule has 3 heteroatoms. The predicted molar refractivity (Wildman–Crippen MR) is 84.8 cm³/mol. The molecule has 20 heavy (non-hydrogen) atoms. The fraction of sp³-hybridized carbons (Fsp3) is 1.00. The SMILES string of the molecule is CCC(C)(C)C1CCC(N)C(N2CCOCC2(C)C)C1. The van der Waals surface area contributed by atoms with Crippen LogP contribution in [-0.4, -0.2) is 42.3 Å². The molecule has 0 spiro atoms. The minimum Gasteiger partial charge on any atom is -0.378 e. The van der Waals surface area contributed by atoms with Crippen LogP contribution in [0.2, 0.25) is 0 Å². The Hall–Kier alpha value is -0.120. The number of nitrogens with zero attached hydrogens (tertiary/aromatic N) is 1. The van der Waals surface area contributed by atoms with Crippen LogP contribution >= 0.6 is 0 Å². The van der Waals surface area contributed by atoms with Gasteiger partial charge in [-0.1, -0.05) is 27.2 Å². The Kier molecular flexibility index (Phi) is 4.83.